The van der Waals surface area contributed by atoms with Crippen LogP contribution in [0.25, 0.3) is 0 Å². The summed E-state index contributed by atoms with van der Waals surface area (Å²) in [5.41, 5.74) is 2.76. The van der Waals surface area contributed by atoms with E-state index in [-0.39, 0.29) is 0 Å². The quantitative estimate of drug-likeness (QED) is 0.265. The van der Waals surface area contributed by atoms with Crippen molar-refractivity contribution in [2.45, 2.75) is 44.3 Å². The third-order valence-corrected chi connectivity index (χ3v) is 4.35. The van der Waals surface area contributed by atoms with Crippen LogP contribution >= 0.6 is 11.8 Å². The summed E-state index contributed by atoms with van der Waals surface area (Å²) >= 11 is 1.98. The number of nitrogens with zero attached hydrogens (tertiary/aromatic N) is 2. The lowest BCUT2D eigenvalue weighted by molar-refractivity contribution is 0.417. The highest BCUT2D eigenvalue weighted by atomic mass is 32.2. The average Bonchev–Trinajstić information content (AvgIpc) is 2.60. The summed E-state index contributed by atoms with van der Waals surface area (Å²) in [6.45, 7) is 5.20. The standard InChI is InChI=1S/C12H26N4S/c1-3-4-8-14-12(15-13)16-9-5-6-11(17-2)7-10-16/h11H,3-10,13H2,1-2H3,(H,14,15). The zero-order chi connectivity index (χ0) is 12.5. The molecular weight excluding hydrogens is 232 g/mol. The molecule has 1 atom stereocenters. The van der Waals surface area contributed by atoms with E-state index in [0.717, 1.165) is 37.3 Å². The minimum atomic E-state index is 0.801. The number of unbranched alkanes of at least 4 members (excludes halogenated alkanes) is 1. The monoisotopic (exact) mass is 258 g/mol. The summed E-state index contributed by atoms with van der Waals surface area (Å²) in [5, 5.41) is 0.801. The molecule has 0 radical (unpaired) electrons. The second-order valence-electron chi connectivity index (χ2n) is 4.48. The fraction of sp³-hybridized carbons (Fsp3) is 0.917. The Labute approximate surface area is 109 Å². The largest absolute Gasteiger partial charge is 0.342 e. The topological polar surface area (TPSA) is 53.6 Å². The molecule has 1 aliphatic rings. The third kappa shape index (κ3) is 5.17. The van der Waals surface area contributed by atoms with Crippen molar-refractivity contribution in [1.82, 2.24) is 10.3 Å². The molecule has 1 rings (SSSR count). The Morgan fingerprint density at radius 3 is 2.94 bits per heavy atom. The zero-order valence-corrected chi connectivity index (χ0v) is 11.9. The van der Waals surface area contributed by atoms with Crippen molar-refractivity contribution < 1.29 is 0 Å². The van der Waals surface area contributed by atoms with Crippen molar-refractivity contribution in [3.8, 4) is 0 Å². The Bertz CT molecular complexity index is 233. The molecular formula is C12H26N4S. The van der Waals surface area contributed by atoms with Gasteiger partial charge in [0.2, 0.25) is 5.96 Å². The molecule has 1 aliphatic heterocycles. The first-order valence-corrected chi connectivity index (χ1v) is 7.89. The number of hydrogen-bond donors (Lipinski definition) is 2. The van der Waals surface area contributed by atoms with Crippen LogP contribution in [0.2, 0.25) is 0 Å². The number of hydrogen-bond acceptors (Lipinski definition) is 3. The molecule has 0 amide bonds. The van der Waals surface area contributed by atoms with Crippen LogP contribution in [-0.4, -0.2) is 42.0 Å². The first-order valence-electron chi connectivity index (χ1n) is 6.60. The van der Waals surface area contributed by atoms with Crippen LogP contribution in [0.5, 0.6) is 0 Å². The van der Waals surface area contributed by atoms with E-state index in [0.29, 0.717) is 0 Å². The lowest BCUT2D eigenvalue weighted by atomic mass is 10.2. The fourth-order valence-corrected chi connectivity index (χ4v) is 2.84. The number of guanidine groups is 1. The van der Waals surface area contributed by atoms with Crippen LogP contribution < -0.4 is 11.3 Å². The van der Waals surface area contributed by atoms with Gasteiger partial charge < -0.3 is 4.90 Å². The summed E-state index contributed by atoms with van der Waals surface area (Å²) in [4.78, 5) is 6.85. The Hall–Kier alpha value is -0.420. The molecule has 100 valence electrons. The fourth-order valence-electron chi connectivity index (χ4n) is 2.09. The lowest BCUT2D eigenvalue weighted by Gasteiger charge is -2.23. The average molecular weight is 258 g/mol. The number of likely N-dealkylation sites (tertiary alicyclic amines) is 1. The Morgan fingerprint density at radius 1 is 1.47 bits per heavy atom. The first kappa shape index (κ1) is 14.6. The molecule has 0 spiro atoms. The van der Waals surface area contributed by atoms with E-state index in [1.807, 2.05) is 11.8 Å². The summed E-state index contributed by atoms with van der Waals surface area (Å²) in [7, 11) is 0. The number of hydrazine groups is 1. The van der Waals surface area contributed by atoms with E-state index >= 15 is 0 Å². The molecule has 0 aromatic rings. The Kier molecular flexibility index (Phi) is 7.44. The molecule has 1 heterocycles. The van der Waals surface area contributed by atoms with E-state index in [1.54, 1.807) is 0 Å². The highest BCUT2D eigenvalue weighted by Crippen LogP contribution is 2.21. The number of aliphatic imine (C=N–C) groups is 1. The summed E-state index contributed by atoms with van der Waals surface area (Å²) in [5.74, 6) is 6.45. The predicted octanol–water partition coefficient (Wildman–Crippen LogP) is 1.82. The van der Waals surface area contributed by atoms with Crippen molar-refractivity contribution in [1.29, 1.82) is 0 Å². The van der Waals surface area contributed by atoms with Gasteiger partial charge in [0.05, 0.1) is 0 Å². The molecule has 1 fully saturated rings. The number of nitrogens with one attached hydrogen (secondary N) is 1. The van der Waals surface area contributed by atoms with Gasteiger partial charge in [0.25, 0.3) is 0 Å². The van der Waals surface area contributed by atoms with Gasteiger partial charge in [0.15, 0.2) is 0 Å². The van der Waals surface area contributed by atoms with Gasteiger partial charge in [-0.2, -0.15) is 11.8 Å². The molecule has 3 N–H and O–H groups in total. The van der Waals surface area contributed by atoms with Crippen molar-refractivity contribution in [3.05, 3.63) is 0 Å². The second kappa shape index (κ2) is 8.64. The van der Waals surface area contributed by atoms with E-state index in [1.165, 1.54) is 25.7 Å². The molecule has 0 aliphatic carbocycles. The van der Waals surface area contributed by atoms with Gasteiger partial charge in [0.1, 0.15) is 0 Å². The first-order chi connectivity index (χ1) is 8.31. The molecule has 0 aromatic heterocycles. The van der Waals surface area contributed by atoms with Crippen molar-refractivity contribution >= 4 is 17.7 Å². The summed E-state index contributed by atoms with van der Waals surface area (Å²) in [6.07, 6.45) is 8.29. The van der Waals surface area contributed by atoms with Gasteiger partial charge in [0, 0.05) is 24.9 Å². The number of thioether (sulfide) groups is 1. The highest BCUT2D eigenvalue weighted by Gasteiger charge is 2.18. The van der Waals surface area contributed by atoms with Gasteiger partial charge in [-0.25, -0.2) is 5.84 Å². The van der Waals surface area contributed by atoms with Gasteiger partial charge in [-0.3, -0.25) is 10.4 Å². The predicted molar refractivity (Wildman–Crippen MR) is 77.3 cm³/mol. The summed E-state index contributed by atoms with van der Waals surface area (Å²) < 4.78 is 0. The highest BCUT2D eigenvalue weighted by molar-refractivity contribution is 7.99. The molecule has 0 aromatic carbocycles. The zero-order valence-electron chi connectivity index (χ0n) is 11.1. The second-order valence-corrected chi connectivity index (χ2v) is 5.62. The molecule has 1 unspecified atom stereocenters. The smallest absolute Gasteiger partial charge is 0.208 e. The summed E-state index contributed by atoms with van der Waals surface area (Å²) in [6, 6.07) is 0. The van der Waals surface area contributed by atoms with E-state index in [2.05, 4.69) is 28.5 Å². The maximum atomic E-state index is 5.58. The minimum Gasteiger partial charge on any atom is -0.342 e. The molecule has 4 nitrogen and oxygen atoms in total. The van der Waals surface area contributed by atoms with Crippen molar-refractivity contribution in [3.63, 3.8) is 0 Å². The van der Waals surface area contributed by atoms with Crippen molar-refractivity contribution in [2.24, 2.45) is 10.8 Å². The molecule has 5 heteroatoms. The molecule has 0 bridgehead atoms. The SMILES string of the molecule is CCCCN=C(NN)N1CCCC(SC)CC1. The number of rotatable bonds is 4. The number of nitrogens with two attached hydrogens (primary N) is 1. The molecule has 0 saturated carbocycles. The normalized spacial score (nSPS) is 22.4. The van der Waals surface area contributed by atoms with Crippen LogP contribution in [0.15, 0.2) is 4.99 Å². The van der Waals surface area contributed by atoms with Crippen LogP contribution in [-0.2, 0) is 0 Å². The third-order valence-electron chi connectivity index (χ3n) is 3.21. The van der Waals surface area contributed by atoms with Crippen LogP contribution in [0.3, 0.4) is 0 Å². The van der Waals surface area contributed by atoms with E-state index in [4.69, 9.17) is 5.84 Å². The van der Waals surface area contributed by atoms with Gasteiger partial charge in [-0.1, -0.05) is 13.3 Å². The Morgan fingerprint density at radius 2 is 2.29 bits per heavy atom. The van der Waals surface area contributed by atoms with Gasteiger partial charge >= 0.3 is 0 Å². The van der Waals surface area contributed by atoms with E-state index in [9.17, 15) is 0 Å². The Balaban J connectivity index is 2.47. The van der Waals surface area contributed by atoms with Crippen molar-refractivity contribution in [2.75, 3.05) is 25.9 Å². The lowest BCUT2D eigenvalue weighted by Crippen LogP contribution is -2.45. The molecule has 1 saturated heterocycles. The van der Waals surface area contributed by atoms with Gasteiger partial charge in [-0.15, -0.1) is 0 Å². The van der Waals surface area contributed by atoms with E-state index < -0.39 is 0 Å². The van der Waals surface area contributed by atoms with Crippen LogP contribution in [0, 0.1) is 0 Å². The van der Waals surface area contributed by atoms with Gasteiger partial charge in [-0.05, 0) is 31.9 Å². The minimum absolute atomic E-state index is 0.801. The van der Waals surface area contributed by atoms with Crippen LogP contribution in [0.1, 0.15) is 39.0 Å². The maximum Gasteiger partial charge on any atom is 0.208 e. The maximum absolute atomic E-state index is 5.58. The van der Waals surface area contributed by atoms with Crippen LogP contribution in [0.4, 0.5) is 0 Å². The molecule has 17 heavy (non-hydrogen) atoms.